The fourth-order valence-corrected chi connectivity index (χ4v) is 7.64. The van der Waals surface area contributed by atoms with E-state index in [0.717, 1.165) is 0 Å². The van der Waals surface area contributed by atoms with Crippen LogP contribution in [0, 0.1) is 17.8 Å². The zero-order valence-electron chi connectivity index (χ0n) is 27.9. The lowest BCUT2D eigenvalue weighted by molar-refractivity contribution is -0.163. The molecule has 0 saturated carbocycles. The molecule has 10 heteroatoms. The van der Waals surface area contributed by atoms with E-state index in [4.69, 9.17) is 9.47 Å². The van der Waals surface area contributed by atoms with Crippen LogP contribution in [0.3, 0.4) is 0 Å². The van der Waals surface area contributed by atoms with Gasteiger partial charge in [0, 0.05) is 19.0 Å². The smallest absolute Gasteiger partial charge is 0.313 e. The van der Waals surface area contributed by atoms with Gasteiger partial charge in [-0.25, -0.2) is 0 Å². The molecule has 1 spiro atoms. The summed E-state index contributed by atoms with van der Waals surface area (Å²) in [5.74, 6) is -3.19. The Balaban J connectivity index is 1.71. The van der Waals surface area contributed by atoms with Crippen molar-refractivity contribution in [3.8, 4) is 0 Å². The number of hydrogen-bond donors (Lipinski definition) is 2. The number of carbonyl (C=O) groups is 4. The molecule has 46 heavy (non-hydrogen) atoms. The monoisotopic (exact) mass is 637 g/mol. The molecular formula is C36H51N3O7. The van der Waals surface area contributed by atoms with Gasteiger partial charge < -0.3 is 29.7 Å². The normalized spacial score (nSPS) is 26.9. The Morgan fingerprint density at radius 2 is 1.85 bits per heavy atom. The zero-order chi connectivity index (χ0) is 33.8. The number of rotatable bonds is 16. The average Bonchev–Trinajstić information content (AvgIpc) is 3.67. The van der Waals surface area contributed by atoms with Crippen LogP contribution in [0.15, 0.2) is 55.6 Å². The molecule has 3 amide bonds. The lowest BCUT2D eigenvalue weighted by Crippen LogP contribution is -2.59. The summed E-state index contributed by atoms with van der Waals surface area (Å²) in [6.45, 7) is 17.1. The van der Waals surface area contributed by atoms with E-state index in [1.807, 2.05) is 58.0 Å². The Kier molecular flexibility index (Phi) is 11.5. The summed E-state index contributed by atoms with van der Waals surface area (Å²) >= 11 is 0. The van der Waals surface area contributed by atoms with Crippen LogP contribution in [0.5, 0.6) is 0 Å². The first-order chi connectivity index (χ1) is 21.9. The number of aliphatic hydroxyl groups is 1. The van der Waals surface area contributed by atoms with Gasteiger partial charge in [0.1, 0.15) is 17.7 Å². The third-order valence-electron chi connectivity index (χ3n) is 9.61. The molecule has 3 heterocycles. The van der Waals surface area contributed by atoms with Gasteiger partial charge in [-0.2, -0.15) is 0 Å². The molecule has 1 aromatic rings. The maximum absolute atomic E-state index is 14.5. The highest BCUT2D eigenvalue weighted by atomic mass is 16.6. The van der Waals surface area contributed by atoms with Crippen LogP contribution in [-0.4, -0.2) is 87.6 Å². The van der Waals surface area contributed by atoms with Crippen LogP contribution in [0.4, 0.5) is 0 Å². The van der Waals surface area contributed by atoms with Gasteiger partial charge in [-0.1, -0.05) is 56.3 Å². The zero-order valence-corrected chi connectivity index (χ0v) is 27.9. The number of esters is 1. The van der Waals surface area contributed by atoms with Crippen LogP contribution >= 0.6 is 0 Å². The van der Waals surface area contributed by atoms with Gasteiger partial charge in [-0.05, 0) is 57.9 Å². The molecule has 3 fully saturated rings. The largest absolute Gasteiger partial charge is 0.455 e. The van der Waals surface area contributed by atoms with Gasteiger partial charge in [-0.15, -0.1) is 13.2 Å². The van der Waals surface area contributed by atoms with Gasteiger partial charge in [0.25, 0.3) is 0 Å². The summed E-state index contributed by atoms with van der Waals surface area (Å²) in [6, 6.07) is 6.82. The molecular weight excluding hydrogens is 586 g/mol. The van der Waals surface area contributed by atoms with Crippen molar-refractivity contribution >= 4 is 23.7 Å². The van der Waals surface area contributed by atoms with Crippen LogP contribution in [0.25, 0.3) is 0 Å². The number of allylic oxidation sites excluding steroid dienone is 1. The molecule has 8 atom stereocenters. The number of nitrogens with zero attached hydrogens (tertiary/aromatic N) is 2. The van der Waals surface area contributed by atoms with Crippen molar-refractivity contribution in [1.82, 2.24) is 15.1 Å². The van der Waals surface area contributed by atoms with Crippen molar-refractivity contribution in [3.63, 3.8) is 0 Å². The highest BCUT2D eigenvalue weighted by Crippen LogP contribution is 2.59. The molecule has 2 bridgehead atoms. The van der Waals surface area contributed by atoms with Gasteiger partial charge in [0.05, 0.1) is 36.6 Å². The van der Waals surface area contributed by atoms with Crippen molar-refractivity contribution in [1.29, 1.82) is 0 Å². The molecule has 10 nitrogen and oxygen atoms in total. The van der Waals surface area contributed by atoms with Crippen LogP contribution in [0.2, 0.25) is 0 Å². The molecule has 0 aromatic heterocycles. The van der Waals surface area contributed by atoms with Crippen molar-refractivity contribution in [2.45, 2.75) is 109 Å². The second kappa shape index (κ2) is 14.9. The highest BCUT2D eigenvalue weighted by Gasteiger charge is 2.75. The standard InChI is InChI=1S/C36H51N3O7/c1-8-10-16-28(41)37-24(7)31(25-14-12-11-13-15-25)45-35(44)29-27-17-18-36(46-27)30(29)33(42)39(26(21-40)20-22(3)4)32(36)34(43)38(19-9-2)23(5)6/h8-9,11-15,22-24,26-27,29-32,40H,1-2,10,16-21H2,3-7H3,(H,37,41)/t24-,26-,27+,29-,30-,31-,32+,36-/m1/s1. The van der Waals surface area contributed by atoms with E-state index in [0.29, 0.717) is 31.2 Å². The third-order valence-corrected chi connectivity index (χ3v) is 9.61. The van der Waals surface area contributed by atoms with Gasteiger partial charge >= 0.3 is 5.97 Å². The Morgan fingerprint density at radius 3 is 2.43 bits per heavy atom. The van der Waals surface area contributed by atoms with Gasteiger partial charge in [-0.3, -0.25) is 19.2 Å². The molecule has 252 valence electrons. The second-order valence-electron chi connectivity index (χ2n) is 13.6. The molecule has 3 saturated heterocycles. The minimum atomic E-state index is -1.23. The first-order valence-corrected chi connectivity index (χ1v) is 16.6. The maximum atomic E-state index is 14.5. The lowest BCUT2D eigenvalue weighted by atomic mass is 9.70. The van der Waals surface area contributed by atoms with Crippen molar-refractivity contribution in [2.75, 3.05) is 13.2 Å². The number of hydrogen-bond acceptors (Lipinski definition) is 7. The number of fused-ring (bicyclic) bond motifs is 1. The van der Waals surface area contributed by atoms with Gasteiger partial charge in [0.15, 0.2) is 0 Å². The number of aliphatic hydroxyl groups excluding tert-OH is 1. The predicted octanol–water partition coefficient (Wildman–Crippen LogP) is 3.95. The fourth-order valence-electron chi connectivity index (χ4n) is 7.64. The summed E-state index contributed by atoms with van der Waals surface area (Å²) in [6.07, 6.45) is 4.08. The summed E-state index contributed by atoms with van der Waals surface area (Å²) in [4.78, 5) is 59.0. The van der Waals surface area contributed by atoms with E-state index in [9.17, 15) is 24.3 Å². The molecule has 1 aromatic carbocycles. The van der Waals surface area contributed by atoms with E-state index >= 15 is 0 Å². The fraction of sp³-hybridized carbons (Fsp3) is 0.611. The van der Waals surface area contributed by atoms with Gasteiger partial charge in [0.2, 0.25) is 17.7 Å². The first kappa shape index (κ1) is 35.4. The second-order valence-corrected chi connectivity index (χ2v) is 13.6. The third kappa shape index (κ3) is 6.79. The van der Waals surface area contributed by atoms with E-state index in [1.165, 1.54) is 4.90 Å². The lowest BCUT2D eigenvalue weighted by Gasteiger charge is -2.40. The number of carbonyl (C=O) groups excluding carboxylic acids is 4. The minimum absolute atomic E-state index is 0.140. The van der Waals surface area contributed by atoms with Crippen LogP contribution < -0.4 is 5.32 Å². The molecule has 0 aliphatic carbocycles. The van der Waals surface area contributed by atoms with E-state index in [1.54, 1.807) is 24.0 Å². The molecule has 0 radical (unpaired) electrons. The SMILES string of the molecule is C=CCCC(=O)N[C@H](C)[C@@H](OC(=O)[C@@H]1[C@@H]2CC[C@]3(O2)[C@H](C(=O)N(CC=C)C(C)C)N([C@@H](CO)CC(C)C)C(=O)[C@@H]13)c1ccccc1. The Morgan fingerprint density at radius 1 is 1.15 bits per heavy atom. The average molecular weight is 638 g/mol. The number of likely N-dealkylation sites (tertiary alicyclic amines) is 1. The molecule has 3 aliphatic heterocycles. The summed E-state index contributed by atoms with van der Waals surface area (Å²) in [7, 11) is 0. The van der Waals surface area contributed by atoms with E-state index in [2.05, 4.69) is 18.5 Å². The minimum Gasteiger partial charge on any atom is -0.455 e. The van der Waals surface area contributed by atoms with Crippen LogP contribution in [-0.2, 0) is 28.7 Å². The first-order valence-electron chi connectivity index (χ1n) is 16.6. The quantitative estimate of drug-likeness (QED) is 0.208. The highest BCUT2D eigenvalue weighted by molar-refractivity contribution is 5.98. The van der Waals surface area contributed by atoms with Crippen molar-refractivity contribution in [2.24, 2.45) is 17.8 Å². The summed E-state index contributed by atoms with van der Waals surface area (Å²) in [5, 5.41) is 13.5. The predicted molar refractivity (Wildman–Crippen MR) is 174 cm³/mol. The molecule has 3 aliphatic rings. The van der Waals surface area contributed by atoms with E-state index < -0.39 is 53.7 Å². The number of amides is 3. The number of benzene rings is 1. The van der Waals surface area contributed by atoms with Crippen LogP contribution in [0.1, 0.15) is 78.4 Å². The summed E-state index contributed by atoms with van der Waals surface area (Å²) < 4.78 is 12.8. The van der Waals surface area contributed by atoms with E-state index in [-0.39, 0.29) is 49.3 Å². The summed E-state index contributed by atoms with van der Waals surface area (Å²) in [5.41, 5.74) is -0.526. The Bertz CT molecular complexity index is 1280. The van der Waals surface area contributed by atoms with Crippen molar-refractivity contribution in [3.05, 3.63) is 61.2 Å². The maximum Gasteiger partial charge on any atom is 0.313 e. The van der Waals surface area contributed by atoms with Crippen molar-refractivity contribution < 1.29 is 33.8 Å². The molecule has 2 N–H and O–H groups in total. The number of ether oxygens (including phenoxy) is 2. The Labute approximate surface area is 273 Å². The molecule has 4 rings (SSSR count). The number of nitrogens with one attached hydrogen (secondary N) is 1. The Hall–Kier alpha value is -3.50. The molecule has 0 unspecified atom stereocenters. The topological polar surface area (TPSA) is 125 Å².